The minimum atomic E-state index is -0.623. The van der Waals surface area contributed by atoms with Gasteiger partial charge in [0.1, 0.15) is 0 Å². The summed E-state index contributed by atoms with van der Waals surface area (Å²) >= 11 is 11.0. The molecule has 6 rings (SSSR count). The van der Waals surface area contributed by atoms with E-state index >= 15 is 0 Å². The van der Waals surface area contributed by atoms with Gasteiger partial charge in [-0.3, -0.25) is 6.08 Å². The third-order valence-corrected chi connectivity index (χ3v) is 11.7. The topological polar surface area (TPSA) is 0 Å². The second-order valence-electron chi connectivity index (χ2n) is 16.3. The number of rotatable bonds is 2. The van der Waals surface area contributed by atoms with E-state index in [4.69, 9.17) is 23.2 Å². The number of hydrogen-bond donors (Lipinski definition) is 0. The molecule has 0 bridgehead atoms. The molecule has 0 N–H and O–H groups in total. The van der Waals surface area contributed by atoms with Crippen molar-refractivity contribution in [2.24, 2.45) is 11.3 Å². The molecular weight excluding hydrogens is 715 g/mol. The molecule has 0 spiro atoms. The Hall–Kier alpha value is -2.44. The van der Waals surface area contributed by atoms with E-state index in [1.54, 1.807) is 0 Å². The van der Waals surface area contributed by atoms with Crippen molar-refractivity contribution in [2.45, 2.75) is 93.4 Å². The molecule has 0 heterocycles. The van der Waals surface area contributed by atoms with Gasteiger partial charge in [0.25, 0.3) is 0 Å². The molecule has 0 fully saturated rings. The molecule has 0 amide bonds. The molecule has 0 saturated carbocycles. The van der Waals surface area contributed by atoms with Gasteiger partial charge in [-0.15, -0.1) is 11.1 Å². The van der Waals surface area contributed by atoms with Crippen LogP contribution in [0.15, 0.2) is 96.1 Å². The molecule has 4 aromatic carbocycles. The molecule has 0 nitrogen and oxygen atoms in total. The van der Waals surface area contributed by atoms with E-state index in [0.29, 0.717) is 11.3 Å². The molecule has 2 aliphatic rings. The van der Waals surface area contributed by atoms with E-state index in [9.17, 15) is 0 Å². The Balaban J connectivity index is 0.000000174. The third-order valence-electron chi connectivity index (χ3n) is 8.78. The first-order chi connectivity index (χ1) is 22.8. The van der Waals surface area contributed by atoms with Crippen molar-refractivity contribution >= 4 is 30.6 Å². The van der Waals surface area contributed by atoms with Crippen LogP contribution in [0.2, 0.25) is 10.0 Å². The first-order valence-corrected chi connectivity index (χ1v) is 20.9. The van der Waals surface area contributed by atoms with Crippen molar-refractivity contribution < 1.29 is 22.3 Å². The Morgan fingerprint density at radius 3 is 1.63 bits per heavy atom. The Bertz CT molecular complexity index is 1770. The van der Waals surface area contributed by atoms with E-state index < -0.39 is 22.3 Å². The summed E-state index contributed by atoms with van der Waals surface area (Å²) in [5.74, 6) is 0.518. The van der Waals surface area contributed by atoms with Crippen LogP contribution < -0.4 is 0 Å². The zero-order valence-corrected chi connectivity index (χ0v) is 35.2. The van der Waals surface area contributed by atoms with Crippen molar-refractivity contribution in [2.75, 3.05) is 0 Å². The van der Waals surface area contributed by atoms with Crippen molar-refractivity contribution in [3.8, 4) is 11.1 Å². The fourth-order valence-electron chi connectivity index (χ4n) is 6.03. The molecule has 0 radical (unpaired) electrons. The van der Waals surface area contributed by atoms with E-state index in [1.165, 1.54) is 55.7 Å². The molecule has 49 heavy (non-hydrogen) atoms. The molecule has 0 aromatic heterocycles. The SMILES string of the molecule is CC(C)(C)c1[c-]c2c(cc1)-c1ccc(C(C)(C)C)cc1C2.CC1=[C-]C(C)C=C1C(C)(C)C.Clc1ccc([CH]=[Zr]=[CH]c2ccc(Cl)cc2)cc1. The molecule has 3 heteroatoms. The Morgan fingerprint density at radius 1 is 0.673 bits per heavy atom. The molecule has 256 valence electrons. The fourth-order valence-corrected chi connectivity index (χ4v) is 8.38. The number of halogens is 2. The van der Waals surface area contributed by atoms with Crippen LogP contribution in [0.5, 0.6) is 0 Å². The Morgan fingerprint density at radius 2 is 1.20 bits per heavy atom. The van der Waals surface area contributed by atoms with Crippen molar-refractivity contribution in [1.82, 2.24) is 0 Å². The monoisotopic (exact) mass is 764 g/mol. The third kappa shape index (κ3) is 11.3. The summed E-state index contributed by atoms with van der Waals surface area (Å²) in [4.78, 5) is 0. The number of allylic oxidation sites excluding steroid dienone is 4. The zero-order valence-electron chi connectivity index (χ0n) is 31.3. The van der Waals surface area contributed by atoms with Gasteiger partial charge in [0.05, 0.1) is 0 Å². The van der Waals surface area contributed by atoms with E-state index in [1.807, 2.05) is 24.3 Å². The maximum absolute atomic E-state index is 5.84. The van der Waals surface area contributed by atoms with Gasteiger partial charge in [-0.1, -0.05) is 111 Å². The number of fused-ring (bicyclic) bond motifs is 3. The van der Waals surface area contributed by atoms with Gasteiger partial charge in [-0.2, -0.15) is 35.4 Å². The molecular formula is C46H52Cl2Zr-2. The predicted octanol–water partition coefficient (Wildman–Crippen LogP) is 13.1. The summed E-state index contributed by atoms with van der Waals surface area (Å²) in [7, 11) is 0. The van der Waals surface area contributed by atoms with Crippen LogP contribution in [0.1, 0.15) is 110 Å². The van der Waals surface area contributed by atoms with E-state index in [-0.39, 0.29) is 10.8 Å². The van der Waals surface area contributed by atoms with Gasteiger partial charge in [0.15, 0.2) is 0 Å². The summed E-state index contributed by atoms with van der Waals surface area (Å²) in [6.45, 7) is 24.7. The van der Waals surface area contributed by atoms with Gasteiger partial charge in [-0.05, 0) is 28.4 Å². The summed E-state index contributed by atoms with van der Waals surface area (Å²) in [5, 5.41) is 1.57. The Kier molecular flexibility index (Phi) is 13.1. The second-order valence-corrected chi connectivity index (χ2v) is 19.4. The van der Waals surface area contributed by atoms with Crippen LogP contribution in [0.25, 0.3) is 11.1 Å². The van der Waals surface area contributed by atoms with Crippen molar-refractivity contribution in [3.05, 3.63) is 152 Å². The van der Waals surface area contributed by atoms with Crippen molar-refractivity contribution in [1.29, 1.82) is 0 Å². The van der Waals surface area contributed by atoms with Gasteiger partial charge >= 0.3 is 123 Å². The molecule has 1 unspecified atom stereocenters. The molecule has 2 aliphatic carbocycles. The van der Waals surface area contributed by atoms with Gasteiger partial charge in [-0.25, -0.2) is 5.57 Å². The van der Waals surface area contributed by atoms with E-state index in [0.717, 1.165) is 16.5 Å². The number of hydrogen-bond acceptors (Lipinski definition) is 0. The van der Waals surface area contributed by atoms with Crippen LogP contribution in [-0.2, 0) is 39.5 Å². The first-order valence-electron chi connectivity index (χ1n) is 17.3. The fraction of sp³-hybridized carbons (Fsp3) is 0.348. The van der Waals surface area contributed by atoms with Crippen LogP contribution >= 0.6 is 23.2 Å². The summed E-state index contributed by atoms with van der Waals surface area (Å²) in [6, 6.07) is 31.1. The molecule has 0 saturated heterocycles. The number of benzene rings is 4. The van der Waals surface area contributed by atoms with Crippen LogP contribution in [0.3, 0.4) is 0 Å². The van der Waals surface area contributed by atoms with E-state index in [2.05, 4.69) is 156 Å². The van der Waals surface area contributed by atoms with Crippen LogP contribution in [0.4, 0.5) is 0 Å². The summed E-state index contributed by atoms with van der Waals surface area (Å²) in [6.07, 6.45) is 6.74. The minimum absolute atomic E-state index is 0.167. The summed E-state index contributed by atoms with van der Waals surface area (Å²) in [5.41, 5.74) is 14.3. The molecule has 1 atom stereocenters. The standard InChI is InChI=1S/C21H25.C11H17.2C7H5Cl.Zr/c1-20(2,3)16-7-9-18-14(12-16)11-15-13-17(21(4,5)6)8-10-19(15)18;1-8-6-9(2)10(7-8)11(3,4)5;2*1-6-2-4-7(8)5-3-6;/h7-10,12H,11H2,1-6H3;7-8H,1-5H3;2*1-5H;/q2*-1;;;. The molecule has 4 aromatic rings. The normalized spacial score (nSPS) is 14.9. The Labute approximate surface area is 318 Å². The average Bonchev–Trinajstić information content (AvgIpc) is 3.56. The van der Waals surface area contributed by atoms with Crippen LogP contribution in [-0.4, -0.2) is 7.42 Å². The van der Waals surface area contributed by atoms with Gasteiger partial charge in [0.2, 0.25) is 0 Å². The molecule has 0 aliphatic heterocycles. The maximum atomic E-state index is 5.84. The summed E-state index contributed by atoms with van der Waals surface area (Å²) < 4.78 is 4.66. The zero-order chi connectivity index (χ0) is 36.1. The second kappa shape index (κ2) is 16.3. The average molecular weight is 767 g/mol. The van der Waals surface area contributed by atoms with Gasteiger partial charge < -0.3 is 0 Å². The predicted molar refractivity (Wildman–Crippen MR) is 213 cm³/mol. The quantitative estimate of drug-likeness (QED) is 0.157. The first kappa shape index (κ1) is 39.4. The van der Waals surface area contributed by atoms with Crippen LogP contribution in [0, 0.1) is 23.5 Å². The van der Waals surface area contributed by atoms with Gasteiger partial charge in [0, 0.05) is 0 Å². The van der Waals surface area contributed by atoms with Crippen molar-refractivity contribution in [3.63, 3.8) is 0 Å².